The summed E-state index contributed by atoms with van der Waals surface area (Å²) in [5, 5.41) is 37.5. The van der Waals surface area contributed by atoms with E-state index in [4.69, 9.17) is 9.47 Å². The SMILES string of the molecule is CCCC1CC(C(=O)NC([C@H]2O[C@H](SC)[C@H](O)[C@@H](O)[C@H]2O)[C@@H](C)NC(=O)N2CCOCC2)N(C)C1. The lowest BCUT2D eigenvalue weighted by molar-refractivity contribution is -0.206. The summed E-state index contributed by atoms with van der Waals surface area (Å²) in [6.45, 7) is 6.54. The van der Waals surface area contributed by atoms with Crippen molar-refractivity contribution in [2.45, 2.75) is 81.1 Å². The predicted molar refractivity (Wildman–Crippen MR) is 132 cm³/mol. The third kappa shape index (κ3) is 6.79. The number of amides is 3. The molecule has 3 amide bonds. The number of carbonyl (C=O) groups is 2. The van der Waals surface area contributed by atoms with Gasteiger partial charge in [-0.25, -0.2) is 4.79 Å². The van der Waals surface area contributed by atoms with Crippen LogP contribution in [-0.4, -0.2) is 131 Å². The van der Waals surface area contributed by atoms with E-state index in [0.717, 1.165) is 25.8 Å². The van der Waals surface area contributed by atoms with Gasteiger partial charge in [0.05, 0.1) is 31.3 Å². The van der Waals surface area contributed by atoms with Gasteiger partial charge in [-0.2, -0.15) is 0 Å². The minimum atomic E-state index is -1.45. The smallest absolute Gasteiger partial charge is 0.317 e. The number of ether oxygens (including phenoxy) is 2. The molecule has 3 aliphatic rings. The largest absolute Gasteiger partial charge is 0.388 e. The number of likely N-dealkylation sites (tertiary alicyclic amines) is 1. The van der Waals surface area contributed by atoms with Crippen LogP contribution >= 0.6 is 11.8 Å². The zero-order chi connectivity index (χ0) is 25.7. The molecule has 0 radical (unpaired) electrons. The molecule has 0 aromatic heterocycles. The van der Waals surface area contributed by atoms with Crippen LogP contribution in [-0.2, 0) is 14.3 Å². The third-order valence-corrected chi connectivity index (χ3v) is 8.18. The number of urea groups is 1. The summed E-state index contributed by atoms with van der Waals surface area (Å²) in [7, 11) is 1.92. The molecule has 3 heterocycles. The fraction of sp³-hybridized carbons (Fsp3) is 0.913. The molecule has 3 rings (SSSR count). The van der Waals surface area contributed by atoms with Gasteiger partial charge in [0.25, 0.3) is 0 Å². The lowest BCUT2D eigenvalue weighted by atomic mass is 9.90. The van der Waals surface area contributed by atoms with Crippen molar-refractivity contribution < 1.29 is 34.4 Å². The van der Waals surface area contributed by atoms with Crippen LogP contribution in [0.3, 0.4) is 0 Å². The van der Waals surface area contributed by atoms with Gasteiger partial charge in [0, 0.05) is 19.6 Å². The number of aliphatic hydroxyl groups is 3. The van der Waals surface area contributed by atoms with E-state index in [1.54, 1.807) is 18.1 Å². The van der Waals surface area contributed by atoms with E-state index in [1.165, 1.54) is 11.8 Å². The Bertz CT molecular complexity index is 711. The quantitative estimate of drug-likeness (QED) is 0.279. The van der Waals surface area contributed by atoms with E-state index in [1.807, 2.05) is 11.9 Å². The van der Waals surface area contributed by atoms with Gasteiger partial charge >= 0.3 is 6.03 Å². The molecule has 9 atom stereocenters. The van der Waals surface area contributed by atoms with E-state index in [0.29, 0.717) is 32.2 Å². The second kappa shape index (κ2) is 12.9. The number of hydrogen-bond acceptors (Lipinski definition) is 9. The summed E-state index contributed by atoms with van der Waals surface area (Å²) in [5.74, 6) is 0.229. The Balaban J connectivity index is 1.78. The molecule has 0 spiro atoms. The van der Waals surface area contributed by atoms with Gasteiger partial charge in [0.2, 0.25) is 5.91 Å². The maximum absolute atomic E-state index is 13.4. The van der Waals surface area contributed by atoms with Gasteiger partial charge in [0.1, 0.15) is 29.9 Å². The molecule has 11 nitrogen and oxygen atoms in total. The first-order valence-electron chi connectivity index (χ1n) is 12.5. The second-order valence-corrected chi connectivity index (χ2v) is 10.8. The number of likely N-dealkylation sites (N-methyl/N-ethyl adjacent to an activating group) is 1. The van der Waals surface area contributed by atoms with Gasteiger partial charge < -0.3 is 40.3 Å². The van der Waals surface area contributed by atoms with E-state index >= 15 is 0 Å². The van der Waals surface area contributed by atoms with Crippen molar-refractivity contribution in [2.75, 3.05) is 46.2 Å². The maximum Gasteiger partial charge on any atom is 0.317 e. The van der Waals surface area contributed by atoms with Gasteiger partial charge in [-0.1, -0.05) is 13.3 Å². The average molecular weight is 519 g/mol. The van der Waals surface area contributed by atoms with Crippen molar-refractivity contribution in [1.29, 1.82) is 0 Å². The van der Waals surface area contributed by atoms with Crippen LogP contribution in [0.1, 0.15) is 33.1 Å². The van der Waals surface area contributed by atoms with E-state index in [-0.39, 0.29) is 18.0 Å². The fourth-order valence-corrected chi connectivity index (χ4v) is 5.97. The Morgan fingerprint density at radius 1 is 1.11 bits per heavy atom. The fourth-order valence-electron chi connectivity index (χ4n) is 5.29. The highest BCUT2D eigenvalue weighted by molar-refractivity contribution is 7.99. The average Bonchev–Trinajstić information content (AvgIpc) is 3.22. The molecule has 202 valence electrons. The minimum absolute atomic E-state index is 0.208. The van der Waals surface area contributed by atoms with Crippen molar-refractivity contribution in [3.05, 3.63) is 0 Å². The second-order valence-electron chi connectivity index (χ2n) is 9.89. The van der Waals surface area contributed by atoms with E-state index in [2.05, 4.69) is 17.6 Å². The molecule has 3 saturated heterocycles. The third-order valence-electron chi connectivity index (χ3n) is 7.32. The summed E-state index contributed by atoms with van der Waals surface area (Å²) in [5.41, 5.74) is -0.789. The van der Waals surface area contributed by atoms with Crippen molar-refractivity contribution in [1.82, 2.24) is 20.4 Å². The first-order valence-corrected chi connectivity index (χ1v) is 13.8. The number of morpholine rings is 1. The Labute approximate surface area is 211 Å². The van der Waals surface area contributed by atoms with Crippen LogP contribution < -0.4 is 10.6 Å². The Kier molecular flexibility index (Phi) is 10.5. The Morgan fingerprint density at radius 2 is 1.80 bits per heavy atom. The zero-order valence-electron chi connectivity index (χ0n) is 21.1. The molecule has 3 aliphatic heterocycles. The first-order chi connectivity index (χ1) is 16.7. The molecule has 12 heteroatoms. The lowest BCUT2D eigenvalue weighted by Crippen LogP contribution is -2.68. The zero-order valence-corrected chi connectivity index (χ0v) is 21.9. The molecule has 3 unspecified atom stereocenters. The van der Waals surface area contributed by atoms with Crippen molar-refractivity contribution >= 4 is 23.7 Å². The number of nitrogens with one attached hydrogen (secondary N) is 2. The molecule has 5 N–H and O–H groups in total. The molecule has 0 aliphatic carbocycles. The Morgan fingerprint density at radius 3 is 2.43 bits per heavy atom. The molecular formula is C23H42N4O7S. The number of thioether (sulfide) groups is 1. The van der Waals surface area contributed by atoms with Gasteiger partial charge in [-0.05, 0) is 39.0 Å². The van der Waals surface area contributed by atoms with Crippen LogP contribution in [0.25, 0.3) is 0 Å². The summed E-state index contributed by atoms with van der Waals surface area (Å²) >= 11 is 1.21. The molecular weight excluding hydrogens is 476 g/mol. The Hall–Kier alpha value is -1.15. The number of hydrogen-bond donors (Lipinski definition) is 5. The standard InChI is InChI=1S/C23H42N4O7S/c1-5-6-14-11-15(26(3)12-14)21(31)25-16(13(2)24-23(32)27-7-9-33-10-8-27)20-18(29)17(28)19(30)22(34-20)35-4/h13-20,22,28-30H,5-12H2,1-4H3,(H,24,32)(H,25,31)/t13-,14?,15?,16?,17+,18-,19-,20-,22-/m1/s1. The molecule has 3 fully saturated rings. The maximum atomic E-state index is 13.4. The van der Waals surface area contributed by atoms with E-state index in [9.17, 15) is 24.9 Å². The van der Waals surface area contributed by atoms with Crippen molar-refractivity contribution in [2.24, 2.45) is 5.92 Å². The van der Waals surface area contributed by atoms with Gasteiger partial charge in [-0.3, -0.25) is 9.69 Å². The molecule has 0 aromatic carbocycles. The predicted octanol–water partition coefficient (Wildman–Crippen LogP) is -0.807. The molecule has 0 bridgehead atoms. The first kappa shape index (κ1) is 28.4. The highest BCUT2D eigenvalue weighted by Crippen LogP contribution is 2.30. The highest BCUT2D eigenvalue weighted by Gasteiger charge is 2.49. The highest BCUT2D eigenvalue weighted by atomic mass is 32.2. The van der Waals surface area contributed by atoms with Crippen LogP contribution in [0.2, 0.25) is 0 Å². The number of nitrogens with zero attached hydrogens (tertiary/aromatic N) is 2. The topological polar surface area (TPSA) is 144 Å². The summed E-state index contributed by atoms with van der Waals surface area (Å²) in [6, 6.07) is -2.09. The van der Waals surface area contributed by atoms with Crippen LogP contribution in [0.4, 0.5) is 4.79 Å². The van der Waals surface area contributed by atoms with Crippen molar-refractivity contribution in [3.8, 4) is 0 Å². The molecule has 0 aromatic rings. The van der Waals surface area contributed by atoms with Crippen molar-refractivity contribution in [3.63, 3.8) is 0 Å². The lowest BCUT2D eigenvalue weighted by Gasteiger charge is -2.45. The number of rotatable bonds is 8. The molecule has 0 saturated carbocycles. The monoisotopic (exact) mass is 518 g/mol. The van der Waals surface area contributed by atoms with Crippen LogP contribution in [0, 0.1) is 5.92 Å². The molecule has 35 heavy (non-hydrogen) atoms. The number of carbonyl (C=O) groups excluding carboxylic acids is 2. The van der Waals surface area contributed by atoms with Gasteiger partial charge in [0.15, 0.2) is 0 Å². The van der Waals surface area contributed by atoms with Crippen LogP contribution in [0.5, 0.6) is 0 Å². The summed E-state index contributed by atoms with van der Waals surface area (Å²) in [6.07, 6.45) is -0.638. The van der Waals surface area contributed by atoms with E-state index < -0.39 is 41.9 Å². The van der Waals surface area contributed by atoms with Gasteiger partial charge in [-0.15, -0.1) is 11.8 Å². The number of aliphatic hydroxyl groups excluding tert-OH is 3. The normalized spacial score (nSPS) is 36.0. The minimum Gasteiger partial charge on any atom is -0.388 e. The summed E-state index contributed by atoms with van der Waals surface area (Å²) < 4.78 is 11.3. The summed E-state index contributed by atoms with van der Waals surface area (Å²) in [4.78, 5) is 29.9. The van der Waals surface area contributed by atoms with Crippen LogP contribution in [0.15, 0.2) is 0 Å².